The van der Waals surface area contributed by atoms with E-state index >= 15 is 0 Å². The van der Waals surface area contributed by atoms with Crippen molar-refractivity contribution < 1.29 is 9.31 Å². The number of nitrogens with zero attached hydrogens (tertiary/aromatic N) is 1. The van der Waals surface area contributed by atoms with Crippen molar-refractivity contribution in [2.24, 2.45) is 0 Å². The highest BCUT2D eigenvalue weighted by Gasteiger charge is 2.17. The van der Waals surface area contributed by atoms with Gasteiger partial charge in [0, 0.05) is 11.6 Å². The van der Waals surface area contributed by atoms with Crippen molar-refractivity contribution >= 4 is 5.69 Å². The first kappa shape index (κ1) is 10.3. The number of nitro groups is 1. The molecule has 0 heterocycles. The fraction of sp³-hybridized carbons (Fsp3) is 0. The lowest BCUT2D eigenvalue weighted by Crippen LogP contribution is -1.94. The third-order valence-corrected chi connectivity index (χ3v) is 2.26. The van der Waals surface area contributed by atoms with Crippen molar-refractivity contribution in [3.63, 3.8) is 0 Å². The van der Waals surface area contributed by atoms with Crippen molar-refractivity contribution in [3.8, 4) is 11.1 Å². The lowest BCUT2D eigenvalue weighted by atomic mass is 10.0. The van der Waals surface area contributed by atoms with E-state index in [1.165, 1.54) is 12.1 Å². The van der Waals surface area contributed by atoms with Crippen molar-refractivity contribution in [2.45, 2.75) is 0 Å². The lowest BCUT2D eigenvalue weighted by Gasteiger charge is -2.02. The number of rotatable bonds is 2. The molecule has 0 radical (unpaired) electrons. The molecule has 0 aliphatic heterocycles. The van der Waals surface area contributed by atoms with Gasteiger partial charge in [-0.15, -0.1) is 0 Å². The summed E-state index contributed by atoms with van der Waals surface area (Å²) in [5, 5.41) is 10.6. The summed E-state index contributed by atoms with van der Waals surface area (Å²) in [6.07, 6.45) is 0. The van der Waals surface area contributed by atoms with Gasteiger partial charge in [-0.2, -0.15) is 4.39 Å². The Morgan fingerprint density at radius 1 is 1.00 bits per heavy atom. The van der Waals surface area contributed by atoms with Crippen LogP contribution in [0.5, 0.6) is 0 Å². The van der Waals surface area contributed by atoms with Gasteiger partial charge in [-0.1, -0.05) is 42.5 Å². The van der Waals surface area contributed by atoms with Crippen LogP contribution in [0.2, 0.25) is 0 Å². The molecule has 0 aliphatic rings. The summed E-state index contributed by atoms with van der Waals surface area (Å²) in [4.78, 5) is 9.85. The molecule has 0 bridgehead atoms. The SMILES string of the molecule is O=[N+]([O-])c1cccc(-c2ccccc2)c1F. The average molecular weight is 217 g/mol. The Bertz CT molecular complexity index is 526. The van der Waals surface area contributed by atoms with Crippen LogP contribution < -0.4 is 0 Å². The minimum Gasteiger partial charge on any atom is -0.258 e. The van der Waals surface area contributed by atoms with Crippen LogP contribution in [0.15, 0.2) is 48.5 Å². The van der Waals surface area contributed by atoms with Gasteiger partial charge < -0.3 is 0 Å². The number of hydrogen-bond donors (Lipinski definition) is 0. The monoisotopic (exact) mass is 217 g/mol. The molecule has 0 saturated heterocycles. The van der Waals surface area contributed by atoms with E-state index in [4.69, 9.17) is 0 Å². The van der Waals surface area contributed by atoms with Gasteiger partial charge in [-0.05, 0) is 5.56 Å². The number of hydrogen-bond acceptors (Lipinski definition) is 2. The second-order valence-corrected chi connectivity index (χ2v) is 3.26. The summed E-state index contributed by atoms with van der Waals surface area (Å²) >= 11 is 0. The molecule has 80 valence electrons. The highest BCUT2D eigenvalue weighted by atomic mass is 19.1. The second kappa shape index (κ2) is 4.10. The minimum absolute atomic E-state index is 0.245. The van der Waals surface area contributed by atoms with Gasteiger partial charge in [0.15, 0.2) is 0 Å². The molecule has 16 heavy (non-hydrogen) atoms. The molecule has 2 aromatic carbocycles. The topological polar surface area (TPSA) is 43.1 Å². The van der Waals surface area contributed by atoms with Crippen LogP contribution in [-0.4, -0.2) is 4.92 Å². The second-order valence-electron chi connectivity index (χ2n) is 3.26. The Kier molecular flexibility index (Phi) is 2.64. The summed E-state index contributed by atoms with van der Waals surface area (Å²) in [5.41, 5.74) is 0.375. The Hall–Kier alpha value is -2.23. The molecule has 0 spiro atoms. The maximum absolute atomic E-state index is 13.8. The fourth-order valence-electron chi connectivity index (χ4n) is 1.50. The molecule has 0 aliphatic carbocycles. The molecule has 3 nitrogen and oxygen atoms in total. The van der Waals surface area contributed by atoms with Crippen LogP contribution in [0.25, 0.3) is 11.1 Å². The standard InChI is InChI=1S/C12H8FNO2/c13-12-10(9-5-2-1-3-6-9)7-4-8-11(12)14(15)16/h1-8H. The van der Waals surface area contributed by atoms with Crippen LogP contribution in [0.1, 0.15) is 0 Å². The summed E-state index contributed by atoms with van der Waals surface area (Å²) in [6, 6.07) is 12.9. The quantitative estimate of drug-likeness (QED) is 0.571. The molecule has 0 unspecified atom stereocenters. The summed E-state index contributed by atoms with van der Waals surface area (Å²) in [6.45, 7) is 0. The highest BCUT2D eigenvalue weighted by Crippen LogP contribution is 2.28. The molecule has 0 N–H and O–H groups in total. The van der Waals surface area contributed by atoms with E-state index in [9.17, 15) is 14.5 Å². The average Bonchev–Trinajstić information content (AvgIpc) is 2.30. The Balaban J connectivity index is 2.59. The van der Waals surface area contributed by atoms with Gasteiger partial charge in [0.1, 0.15) is 0 Å². The van der Waals surface area contributed by atoms with Gasteiger partial charge in [0.2, 0.25) is 5.82 Å². The first-order chi connectivity index (χ1) is 7.70. The van der Waals surface area contributed by atoms with E-state index in [0.29, 0.717) is 5.56 Å². The van der Waals surface area contributed by atoms with E-state index in [1.807, 2.05) is 0 Å². The Labute approximate surface area is 91.3 Å². The molecule has 0 saturated carbocycles. The normalized spacial score (nSPS) is 10.1. The van der Waals surface area contributed by atoms with E-state index in [2.05, 4.69) is 0 Å². The Morgan fingerprint density at radius 2 is 1.69 bits per heavy atom. The summed E-state index contributed by atoms with van der Waals surface area (Å²) in [7, 11) is 0. The molecule has 0 atom stereocenters. The maximum atomic E-state index is 13.8. The van der Waals surface area contributed by atoms with Gasteiger partial charge >= 0.3 is 5.69 Å². The van der Waals surface area contributed by atoms with Crippen molar-refractivity contribution in [3.05, 3.63) is 64.5 Å². The van der Waals surface area contributed by atoms with E-state index in [1.54, 1.807) is 30.3 Å². The molecule has 0 aromatic heterocycles. The lowest BCUT2D eigenvalue weighted by molar-refractivity contribution is -0.387. The van der Waals surface area contributed by atoms with Gasteiger partial charge in [-0.3, -0.25) is 10.1 Å². The largest absolute Gasteiger partial charge is 0.305 e. The number of halogens is 1. The first-order valence-electron chi connectivity index (χ1n) is 4.68. The van der Waals surface area contributed by atoms with Gasteiger partial charge in [0.25, 0.3) is 0 Å². The molecule has 2 aromatic rings. The van der Waals surface area contributed by atoms with Crippen LogP contribution in [0, 0.1) is 15.9 Å². The maximum Gasteiger partial charge on any atom is 0.305 e. The zero-order valence-electron chi connectivity index (χ0n) is 8.26. The van der Waals surface area contributed by atoms with E-state index in [0.717, 1.165) is 6.07 Å². The third-order valence-electron chi connectivity index (χ3n) is 2.26. The van der Waals surface area contributed by atoms with Crippen LogP contribution in [0.3, 0.4) is 0 Å². The van der Waals surface area contributed by atoms with Crippen LogP contribution in [0.4, 0.5) is 10.1 Å². The van der Waals surface area contributed by atoms with E-state index in [-0.39, 0.29) is 5.56 Å². The molecular weight excluding hydrogens is 209 g/mol. The van der Waals surface area contributed by atoms with Crippen molar-refractivity contribution in [2.75, 3.05) is 0 Å². The molecular formula is C12H8FNO2. The zero-order valence-corrected chi connectivity index (χ0v) is 8.26. The molecule has 0 amide bonds. The highest BCUT2D eigenvalue weighted by molar-refractivity contribution is 5.66. The number of benzene rings is 2. The van der Waals surface area contributed by atoms with E-state index < -0.39 is 16.4 Å². The van der Waals surface area contributed by atoms with Gasteiger partial charge in [0.05, 0.1) is 4.92 Å². The molecule has 4 heteroatoms. The van der Waals surface area contributed by atoms with Crippen LogP contribution in [-0.2, 0) is 0 Å². The third kappa shape index (κ3) is 1.77. The van der Waals surface area contributed by atoms with Gasteiger partial charge in [-0.25, -0.2) is 0 Å². The van der Waals surface area contributed by atoms with Crippen LogP contribution >= 0.6 is 0 Å². The van der Waals surface area contributed by atoms with Crippen molar-refractivity contribution in [1.82, 2.24) is 0 Å². The predicted molar refractivity (Wildman–Crippen MR) is 58.5 cm³/mol. The predicted octanol–water partition coefficient (Wildman–Crippen LogP) is 3.40. The first-order valence-corrected chi connectivity index (χ1v) is 4.68. The van der Waals surface area contributed by atoms with Crippen molar-refractivity contribution in [1.29, 1.82) is 0 Å². The fourth-order valence-corrected chi connectivity index (χ4v) is 1.50. The minimum atomic E-state index is -0.793. The summed E-state index contributed by atoms with van der Waals surface area (Å²) < 4.78 is 13.8. The molecule has 0 fully saturated rings. The molecule has 2 rings (SSSR count). The smallest absolute Gasteiger partial charge is 0.258 e. The summed E-state index contributed by atoms with van der Waals surface area (Å²) in [5.74, 6) is -0.793. The Morgan fingerprint density at radius 3 is 2.31 bits per heavy atom. The number of nitro benzene ring substituents is 1. The zero-order chi connectivity index (χ0) is 11.5.